The molecule has 10 heteroatoms. The molecule has 0 bridgehead atoms. The Morgan fingerprint density at radius 1 is 1.16 bits per heavy atom. The van der Waals surface area contributed by atoms with Crippen molar-refractivity contribution in [2.24, 2.45) is 0 Å². The van der Waals surface area contributed by atoms with Crippen LogP contribution in [0.5, 0.6) is 0 Å². The van der Waals surface area contributed by atoms with Crippen LogP contribution in [-0.4, -0.2) is 64.8 Å². The Balaban J connectivity index is 1.39. The van der Waals surface area contributed by atoms with Gasteiger partial charge in [-0.1, -0.05) is 19.0 Å². The van der Waals surface area contributed by atoms with Gasteiger partial charge in [0.05, 0.1) is 10.8 Å². The van der Waals surface area contributed by atoms with Crippen molar-refractivity contribution in [1.82, 2.24) is 24.3 Å². The third-order valence-electron chi connectivity index (χ3n) is 5.32. The second-order valence-electron chi connectivity index (χ2n) is 7.22. The molecule has 1 aliphatic heterocycles. The Morgan fingerprint density at radius 2 is 1.87 bits per heavy atom. The van der Waals surface area contributed by atoms with Crippen LogP contribution in [0.1, 0.15) is 36.0 Å². The first-order chi connectivity index (χ1) is 14.9. The van der Waals surface area contributed by atoms with Crippen LogP contribution >= 0.6 is 0 Å². The molecule has 1 saturated heterocycles. The average molecular weight is 442 g/mol. The molecule has 0 unspecified atom stereocenters. The molecule has 1 aliphatic rings. The lowest BCUT2D eigenvalue weighted by Gasteiger charge is -2.37. The van der Waals surface area contributed by atoms with Gasteiger partial charge in [-0.2, -0.15) is 9.29 Å². The normalized spacial score (nSPS) is 14.6. The lowest BCUT2D eigenvalue weighted by molar-refractivity contribution is 0.0569. The third kappa shape index (κ3) is 4.08. The average Bonchev–Trinajstić information content (AvgIpc) is 3.24. The van der Waals surface area contributed by atoms with E-state index < -0.39 is 10.0 Å². The summed E-state index contributed by atoms with van der Waals surface area (Å²) in [6.45, 7) is 5.31. The van der Waals surface area contributed by atoms with E-state index >= 15 is 0 Å². The number of sulfonamides is 1. The maximum absolute atomic E-state index is 12.7. The largest absolute Gasteiger partial charge is 0.339 e. The van der Waals surface area contributed by atoms with Crippen molar-refractivity contribution in [1.29, 1.82) is 0 Å². The highest BCUT2D eigenvalue weighted by molar-refractivity contribution is 7.89. The second kappa shape index (κ2) is 8.56. The predicted molar refractivity (Wildman–Crippen MR) is 113 cm³/mol. The van der Waals surface area contributed by atoms with E-state index in [9.17, 15) is 13.2 Å². The molecule has 2 aromatic heterocycles. The summed E-state index contributed by atoms with van der Waals surface area (Å²) < 4.78 is 31.9. The zero-order valence-corrected chi connectivity index (χ0v) is 18.1. The number of hydrogen-bond donors (Lipinski definition) is 0. The van der Waals surface area contributed by atoms with Crippen LogP contribution in [-0.2, 0) is 10.0 Å². The molecule has 0 N–H and O–H groups in total. The van der Waals surface area contributed by atoms with Crippen molar-refractivity contribution in [2.75, 3.05) is 26.2 Å². The van der Waals surface area contributed by atoms with Crippen LogP contribution in [0.25, 0.3) is 11.4 Å². The third-order valence-corrected chi connectivity index (χ3v) is 7.39. The van der Waals surface area contributed by atoms with Gasteiger partial charge in [0.15, 0.2) is 0 Å². The van der Waals surface area contributed by atoms with Crippen molar-refractivity contribution in [2.45, 2.75) is 24.7 Å². The maximum atomic E-state index is 12.7. The second-order valence-corrected chi connectivity index (χ2v) is 9.16. The quantitative estimate of drug-likeness (QED) is 0.554. The van der Waals surface area contributed by atoms with Gasteiger partial charge < -0.3 is 9.42 Å². The molecule has 0 atom stereocenters. The van der Waals surface area contributed by atoms with Crippen molar-refractivity contribution < 1.29 is 17.7 Å². The summed E-state index contributed by atoms with van der Waals surface area (Å²) in [7, 11) is -3.54. The Morgan fingerprint density at radius 3 is 2.48 bits per heavy atom. The fourth-order valence-corrected chi connectivity index (χ4v) is 4.94. The van der Waals surface area contributed by atoms with Crippen molar-refractivity contribution in [3.8, 4) is 11.4 Å². The molecule has 0 aliphatic carbocycles. The number of aromatic nitrogens is 3. The Bertz CT molecular complexity index is 1150. The highest BCUT2D eigenvalue weighted by Gasteiger charge is 2.36. The SMILES string of the molecule is CCN(CC)S(=O)(=O)c1ccc(C(=O)N2CC(c3nc(-c4cccnc4)no3)C2)cc1. The van der Waals surface area contributed by atoms with Crippen LogP contribution in [0.15, 0.2) is 58.2 Å². The topological polar surface area (TPSA) is 110 Å². The van der Waals surface area contributed by atoms with Gasteiger partial charge in [-0.05, 0) is 36.4 Å². The van der Waals surface area contributed by atoms with Gasteiger partial charge in [0.1, 0.15) is 0 Å². The molecule has 3 aromatic rings. The summed E-state index contributed by atoms with van der Waals surface area (Å²) in [5.74, 6) is 0.778. The van der Waals surface area contributed by atoms with Gasteiger partial charge in [-0.3, -0.25) is 9.78 Å². The Hall–Kier alpha value is -3.11. The number of nitrogens with zero attached hydrogens (tertiary/aromatic N) is 5. The molecule has 3 heterocycles. The van der Waals surface area contributed by atoms with E-state index in [0.717, 1.165) is 5.56 Å². The molecule has 1 fully saturated rings. The molecule has 0 radical (unpaired) electrons. The van der Waals surface area contributed by atoms with Crippen molar-refractivity contribution in [3.63, 3.8) is 0 Å². The summed E-state index contributed by atoms with van der Waals surface area (Å²) in [5.41, 5.74) is 1.21. The number of rotatable bonds is 7. The molecule has 4 rings (SSSR count). The fourth-order valence-electron chi connectivity index (χ4n) is 3.48. The van der Waals surface area contributed by atoms with E-state index in [0.29, 0.717) is 43.5 Å². The minimum atomic E-state index is -3.54. The van der Waals surface area contributed by atoms with Gasteiger partial charge in [0.25, 0.3) is 5.91 Å². The molecule has 0 saturated carbocycles. The molecule has 0 spiro atoms. The zero-order valence-electron chi connectivity index (χ0n) is 17.3. The molecular formula is C21H23N5O4S. The molecule has 1 aromatic carbocycles. The van der Waals surface area contributed by atoms with Crippen molar-refractivity contribution >= 4 is 15.9 Å². The number of benzene rings is 1. The number of hydrogen-bond acceptors (Lipinski definition) is 7. The number of pyridine rings is 1. The molecule has 9 nitrogen and oxygen atoms in total. The molecule has 31 heavy (non-hydrogen) atoms. The lowest BCUT2D eigenvalue weighted by atomic mass is 9.99. The molecule has 162 valence electrons. The predicted octanol–water partition coefficient (Wildman–Crippen LogP) is 2.40. The van der Waals surface area contributed by atoms with Crippen LogP contribution in [0.3, 0.4) is 0 Å². The van der Waals surface area contributed by atoms with Crippen molar-refractivity contribution in [3.05, 3.63) is 60.2 Å². The summed E-state index contributed by atoms with van der Waals surface area (Å²) in [4.78, 5) is 23.0. The zero-order chi connectivity index (χ0) is 22.0. The summed E-state index contributed by atoms with van der Waals surface area (Å²) in [5, 5.41) is 3.99. The number of carbonyl (C=O) groups is 1. The number of likely N-dealkylation sites (tertiary alicyclic amines) is 1. The van der Waals surface area contributed by atoms with Gasteiger partial charge in [0, 0.05) is 49.7 Å². The van der Waals surface area contributed by atoms with Crippen LogP contribution in [0.2, 0.25) is 0 Å². The van der Waals surface area contributed by atoms with E-state index in [-0.39, 0.29) is 16.7 Å². The van der Waals surface area contributed by atoms with E-state index in [4.69, 9.17) is 4.52 Å². The van der Waals surface area contributed by atoms with Crippen LogP contribution in [0, 0.1) is 0 Å². The highest BCUT2D eigenvalue weighted by atomic mass is 32.2. The van der Waals surface area contributed by atoms with E-state index in [1.54, 1.807) is 49.3 Å². The minimum Gasteiger partial charge on any atom is -0.339 e. The lowest BCUT2D eigenvalue weighted by Crippen LogP contribution is -2.48. The monoisotopic (exact) mass is 441 g/mol. The number of amides is 1. The summed E-state index contributed by atoms with van der Waals surface area (Å²) in [6, 6.07) is 9.72. The molecule has 1 amide bonds. The van der Waals surface area contributed by atoms with E-state index in [1.165, 1.54) is 16.4 Å². The highest BCUT2D eigenvalue weighted by Crippen LogP contribution is 2.29. The summed E-state index contributed by atoms with van der Waals surface area (Å²) >= 11 is 0. The standard InChI is InChI=1S/C21H23N5O4S/c1-3-26(4-2)31(28,29)18-9-7-15(8-10-18)21(27)25-13-17(14-25)20-23-19(24-30-20)16-6-5-11-22-12-16/h5-12,17H,3-4,13-14H2,1-2H3. The Kier molecular flexibility index (Phi) is 5.84. The van der Waals surface area contributed by atoms with Gasteiger partial charge in [-0.25, -0.2) is 8.42 Å². The first-order valence-corrected chi connectivity index (χ1v) is 11.5. The first-order valence-electron chi connectivity index (χ1n) is 10.1. The van der Waals surface area contributed by atoms with Gasteiger partial charge >= 0.3 is 0 Å². The summed E-state index contributed by atoms with van der Waals surface area (Å²) in [6.07, 6.45) is 3.33. The van der Waals surface area contributed by atoms with Gasteiger partial charge in [-0.15, -0.1) is 0 Å². The van der Waals surface area contributed by atoms with E-state index in [2.05, 4.69) is 15.1 Å². The Labute approximate surface area is 180 Å². The minimum absolute atomic E-state index is 0.0239. The first kappa shape index (κ1) is 21.1. The van der Waals surface area contributed by atoms with Gasteiger partial charge in [0.2, 0.25) is 21.7 Å². The molecular weight excluding hydrogens is 418 g/mol. The van der Waals surface area contributed by atoms with Crippen LogP contribution < -0.4 is 0 Å². The van der Waals surface area contributed by atoms with Crippen LogP contribution in [0.4, 0.5) is 0 Å². The maximum Gasteiger partial charge on any atom is 0.253 e. The smallest absolute Gasteiger partial charge is 0.253 e. The number of carbonyl (C=O) groups excluding carboxylic acids is 1. The fraction of sp³-hybridized carbons (Fsp3) is 0.333. The van der Waals surface area contributed by atoms with E-state index in [1.807, 2.05) is 6.07 Å².